The number of aromatic nitrogens is 1. The summed E-state index contributed by atoms with van der Waals surface area (Å²) >= 11 is 0. The average Bonchev–Trinajstić information content (AvgIpc) is 2.60. The van der Waals surface area contributed by atoms with Crippen molar-refractivity contribution in [2.45, 2.75) is 26.9 Å². The maximum Gasteiger partial charge on any atom is 0.422 e. The number of rotatable bonds is 6. The summed E-state index contributed by atoms with van der Waals surface area (Å²) in [7, 11) is 0. The fraction of sp³-hybridized carbons (Fsp3) is 0.316. The van der Waals surface area contributed by atoms with Gasteiger partial charge in [-0.25, -0.2) is 4.98 Å². The zero-order chi connectivity index (χ0) is 20.9. The molecule has 0 aliphatic carbocycles. The van der Waals surface area contributed by atoms with Crippen molar-refractivity contribution in [3.63, 3.8) is 0 Å². The molecule has 150 valence electrons. The van der Waals surface area contributed by atoms with Crippen molar-refractivity contribution in [1.82, 2.24) is 10.3 Å². The molecule has 2 rings (SSSR count). The number of nitrogens with one attached hydrogen (secondary N) is 2. The van der Waals surface area contributed by atoms with Gasteiger partial charge in [0.15, 0.2) is 6.61 Å². The molecule has 0 radical (unpaired) electrons. The normalized spacial score (nSPS) is 11.1. The molecule has 1 heterocycles. The molecule has 28 heavy (non-hydrogen) atoms. The Kier molecular flexibility index (Phi) is 6.61. The Morgan fingerprint density at radius 3 is 2.39 bits per heavy atom. The first-order valence-corrected chi connectivity index (χ1v) is 8.37. The Labute approximate surface area is 160 Å². The molecule has 1 aromatic carbocycles. The molecule has 0 bridgehead atoms. The van der Waals surface area contributed by atoms with Crippen LogP contribution in [-0.2, 0) is 4.79 Å². The Bertz CT molecular complexity index is 859. The summed E-state index contributed by atoms with van der Waals surface area (Å²) < 4.78 is 41.5. The Balaban J connectivity index is 2.00. The predicted octanol–water partition coefficient (Wildman–Crippen LogP) is 3.32. The molecule has 0 saturated heterocycles. The van der Waals surface area contributed by atoms with Crippen molar-refractivity contribution in [3.05, 3.63) is 52.7 Å². The molecule has 2 N–H and O–H groups in total. The Morgan fingerprint density at radius 1 is 1.14 bits per heavy atom. The number of hydrogen-bond acceptors (Lipinski definition) is 4. The van der Waals surface area contributed by atoms with Crippen LogP contribution in [0.5, 0.6) is 5.88 Å². The van der Waals surface area contributed by atoms with Gasteiger partial charge in [-0.15, -0.1) is 0 Å². The number of pyridine rings is 1. The van der Waals surface area contributed by atoms with E-state index in [0.29, 0.717) is 5.69 Å². The third-order valence-electron chi connectivity index (χ3n) is 3.74. The summed E-state index contributed by atoms with van der Waals surface area (Å²) in [4.78, 5) is 28.0. The number of carbonyl (C=O) groups excluding carboxylic acids is 2. The van der Waals surface area contributed by atoms with Gasteiger partial charge >= 0.3 is 6.18 Å². The van der Waals surface area contributed by atoms with Crippen LogP contribution in [-0.4, -0.2) is 36.1 Å². The first-order chi connectivity index (χ1) is 13.1. The summed E-state index contributed by atoms with van der Waals surface area (Å²) in [5, 5.41) is 5.08. The van der Waals surface area contributed by atoms with Gasteiger partial charge in [-0.3, -0.25) is 9.59 Å². The minimum Gasteiger partial charge on any atom is -0.467 e. The maximum absolute atomic E-state index is 12.3. The number of nitrogens with zero attached hydrogens (tertiary/aromatic N) is 1. The lowest BCUT2D eigenvalue weighted by Gasteiger charge is -2.14. The monoisotopic (exact) mass is 395 g/mol. The summed E-state index contributed by atoms with van der Waals surface area (Å²) in [5.74, 6) is -1.69. The van der Waals surface area contributed by atoms with Crippen LogP contribution in [0.15, 0.2) is 30.5 Å². The molecule has 0 fully saturated rings. The number of anilines is 1. The van der Waals surface area contributed by atoms with E-state index in [9.17, 15) is 22.8 Å². The van der Waals surface area contributed by atoms with E-state index in [2.05, 4.69) is 20.4 Å². The van der Waals surface area contributed by atoms with Crippen LogP contribution < -0.4 is 15.4 Å². The first-order valence-electron chi connectivity index (χ1n) is 8.37. The highest BCUT2D eigenvalue weighted by Crippen LogP contribution is 2.22. The second kappa shape index (κ2) is 8.73. The highest BCUT2D eigenvalue weighted by atomic mass is 19.4. The first kappa shape index (κ1) is 21.2. The van der Waals surface area contributed by atoms with Gasteiger partial charge in [-0.2, -0.15) is 13.2 Å². The minimum absolute atomic E-state index is 0.192. The molecule has 1 aromatic heterocycles. The molecule has 0 atom stereocenters. The summed E-state index contributed by atoms with van der Waals surface area (Å²) in [6, 6.07) is 6.48. The van der Waals surface area contributed by atoms with Gasteiger partial charge in [0.2, 0.25) is 11.8 Å². The lowest BCUT2D eigenvalue weighted by atomic mass is 10.1. The molecular formula is C19H20F3N3O3. The third-order valence-corrected chi connectivity index (χ3v) is 3.74. The number of ether oxygens (including phenoxy) is 1. The van der Waals surface area contributed by atoms with Gasteiger partial charge in [0.1, 0.15) is 5.56 Å². The van der Waals surface area contributed by atoms with E-state index in [-0.39, 0.29) is 12.1 Å². The number of benzene rings is 1. The quantitative estimate of drug-likeness (QED) is 0.786. The number of hydrogen-bond donors (Lipinski definition) is 2. The summed E-state index contributed by atoms with van der Waals surface area (Å²) in [6.45, 7) is 3.72. The van der Waals surface area contributed by atoms with Crippen molar-refractivity contribution >= 4 is 17.5 Å². The lowest BCUT2D eigenvalue weighted by molar-refractivity contribution is -0.154. The van der Waals surface area contributed by atoms with Gasteiger partial charge in [0.25, 0.3) is 5.91 Å². The fourth-order valence-electron chi connectivity index (χ4n) is 2.65. The molecule has 0 saturated carbocycles. The molecule has 2 aromatic rings. The highest BCUT2D eigenvalue weighted by Gasteiger charge is 2.29. The number of amides is 2. The standard InChI is InChI=1S/C19H20F3N3O3/c1-11-7-12(2)16(13(3)8-11)25-15(26)9-24-17(27)14-5-4-6-23-18(14)28-10-19(20,21)22/h4-8H,9-10H2,1-3H3,(H,24,27)(H,25,26). The van der Waals surface area contributed by atoms with E-state index >= 15 is 0 Å². The molecule has 2 amide bonds. The number of aryl methyl sites for hydroxylation is 3. The molecular weight excluding hydrogens is 375 g/mol. The maximum atomic E-state index is 12.3. The largest absolute Gasteiger partial charge is 0.467 e. The number of alkyl halides is 3. The van der Waals surface area contributed by atoms with E-state index in [1.54, 1.807) is 0 Å². The molecule has 0 spiro atoms. The van der Waals surface area contributed by atoms with E-state index < -0.39 is 30.5 Å². The second-order valence-electron chi connectivity index (χ2n) is 6.26. The van der Waals surface area contributed by atoms with Crippen molar-refractivity contribution < 1.29 is 27.5 Å². The van der Waals surface area contributed by atoms with Gasteiger partial charge in [0.05, 0.1) is 6.54 Å². The van der Waals surface area contributed by atoms with Crippen LogP contribution in [0.3, 0.4) is 0 Å². The van der Waals surface area contributed by atoms with E-state index in [1.807, 2.05) is 32.9 Å². The van der Waals surface area contributed by atoms with Crippen LogP contribution in [0.4, 0.5) is 18.9 Å². The predicted molar refractivity (Wildman–Crippen MR) is 97.4 cm³/mol. The van der Waals surface area contributed by atoms with E-state index in [4.69, 9.17) is 0 Å². The minimum atomic E-state index is -4.56. The highest BCUT2D eigenvalue weighted by molar-refractivity contribution is 6.00. The topological polar surface area (TPSA) is 80.3 Å². The van der Waals surface area contributed by atoms with Crippen LogP contribution in [0, 0.1) is 20.8 Å². The second-order valence-corrected chi connectivity index (χ2v) is 6.26. The van der Waals surface area contributed by atoms with Crippen molar-refractivity contribution in [2.75, 3.05) is 18.5 Å². The molecule has 0 unspecified atom stereocenters. The zero-order valence-corrected chi connectivity index (χ0v) is 15.6. The molecule has 0 aliphatic heterocycles. The van der Waals surface area contributed by atoms with Gasteiger partial charge in [0, 0.05) is 11.9 Å². The smallest absolute Gasteiger partial charge is 0.422 e. The van der Waals surface area contributed by atoms with Gasteiger partial charge in [-0.05, 0) is 44.0 Å². The fourth-order valence-corrected chi connectivity index (χ4v) is 2.65. The summed E-state index contributed by atoms with van der Waals surface area (Å²) in [5.41, 5.74) is 3.28. The third kappa shape index (κ3) is 5.97. The van der Waals surface area contributed by atoms with Crippen LogP contribution in [0.2, 0.25) is 0 Å². The van der Waals surface area contributed by atoms with E-state index in [1.165, 1.54) is 18.3 Å². The zero-order valence-electron chi connectivity index (χ0n) is 15.6. The van der Waals surface area contributed by atoms with Gasteiger partial charge in [-0.1, -0.05) is 17.7 Å². The SMILES string of the molecule is Cc1cc(C)c(NC(=O)CNC(=O)c2cccnc2OCC(F)(F)F)c(C)c1. The van der Waals surface area contributed by atoms with E-state index in [0.717, 1.165) is 16.7 Å². The van der Waals surface area contributed by atoms with Crippen LogP contribution in [0.1, 0.15) is 27.0 Å². The summed E-state index contributed by atoms with van der Waals surface area (Å²) in [6.07, 6.45) is -3.35. The number of halogens is 3. The Morgan fingerprint density at radius 2 is 1.79 bits per heavy atom. The Hall–Kier alpha value is -3.10. The molecule has 0 aliphatic rings. The van der Waals surface area contributed by atoms with Gasteiger partial charge < -0.3 is 15.4 Å². The number of carbonyl (C=O) groups is 2. The average molecular weight is 395 g/mol. The van der Waals surface area contributed by atoms with Crippen LogP contribution in [0.25, 0.3) is 0 Å². The lowest BCUT2D eigenvalue weighted by Crippen LogP contribution is -2.33. The van der Waals surface area contributed by atoms with Crippen molar-refractivity contribution in [3.8, 4) is 5.88 Å². The van der Waals surface area contributed by atoms with Crippen LogP contribution >= 0.6 is 0 Å². The van der Waals surface area contributed by atoms with Crippen molar-refractivity contribution in [2.24, 2.45) is 0 Å². The van der Waals surface area contributed by atoms with Crippen molar-refractivity contribution in [1.29, 1.82) is 0 Å². The molecule has 9 heteroatoms. The molecule has 6 nitrogen and oxygen atoms in total.